The third-order valence-corrected chi connectivity index (χ3v) is 4.02. The second-order valence-electron chi connectivity index (χ2n) is 5.55. The van der Waals surface area contributed by atoms with Crippen molar-refractivity contribution in [3.63, 3.8) is 0 Å². The number of carbonyl (C=O) groups is 2. The highest BCUT2D eigenvalue weighted by molar-refractivity contribution is 9.10. The number of nitrogens with zero attached hydrogens (tertiary/aromatic N) is 1. The summed E-state index contributed by atoms with van der Waals surface area (Å²) in [6, 6.07) is 17.1. The van der Waals surface area contributed by atoms with E-state index in [9.17, 15) is 9.59 Å². The highest BCUT2D eigenvalue weighted by Crippen LogP contribution is 2.13. The summed E-state index contributed by atoms with van der Waals surface area (Å²) >= 11 is 3.32. The molecule has 7 heteroatoms. The number of hydrogen-bond donors (Lipinski definition) is 1. The molecule has 0 fully saturated rings. The van der Waals surface area contributed by atoms with E-state index in [4.69, 9.17) is 9.15 Å². The van der Waals surface area contributed by atoms with Crippen LogP contribution >= 0.6 is 15.9 Å². The fraction of sp³-hybridized carbons (Fsp3) is 0. The number of benzene rings is 2. The van der Waals surface area contributed by atoms with Crippen LogP contribution in [0.2, 0.25) is 0 Å². The van der Waals surface area contributed by atoms with Crippen molar-refractivity contribution in [3.8, 4) is 5.75 Å². The molecule has 0 atom stereocenters. The Kier molecular flexibility index (Phi) is 6.54. The average molecular weight is 439 g/mol. The van der Waals surface area contributed by atoms with Crippen molar-refractivity contribution in [1.29, 1.82) is 0 Å². The number of halogens is 1. The van der Waals surface area contributed by atoms with Gasteiger partial charge in [-0.1, -0.05) is 28.1 Å². The SMILES string of the molecule is O=C(/C=C/c1ccco1)Oc1cccc(/C=N\NC(=O)c2ccc(Br)cc2)c1. The van der Waals surface area contributed by atoms with Gasteiger partial charge in [-0.3, -0.25) is 4.79 Å². The molecule has 0 unspecified atom stereocenters. The Hall–Kier alpha value is -3.45. The van der Waals surface area contributed by atoms with E-state index in [0.717, 1.165) is 4.47 Å². The maximum Gasteiger partial charge on any atom is 0.336 e. The molecule has 3 aromatic rings. The smallest absolute Gasteiger partial charge is 0.336 e. The molecule has 28 heavy (non-hydrogen) atoms. The predicted molar refractivity (Wildman–Crippen MR) is 109 cm³/mol. The van der Waals surface area contributed by atoms with Crippen molar-refractivity contribution >= 4 is 40.1 Å². The average Bonchev–Trinajstić information content (AvgIpc) is 3.21. The lowest BCUT2D eigenvalue weighted by molar-refractivity contribution is -0.128. The molecule has 1 aromatic heterocycles. The Bertz CT molecular complexity index is 1010. The van der Waals surface area contributed by atoms with Crippen LogP contribution in [-0.2, 0) is 4.79 Å². The minimum absolute atomic E-state index is 0.325. The topological polar surface area (TPSA) is 80.9 Å². The Labute approximate surface area is 169 Å². The molecule has 1 heterocycles. The first kappa shape index (κ1) is 19.3. The lowest BCUT2D eigenvalue weighted by atomic mass is 10.2. The van der Waals surface area contributed by atoms with Gasteiger partial charge < -0.3 is 9.15 Å². The normalized spacial score (nSPS) is 11.0. The largest absolute Gasteiger partial charge is 0.465 e. The molecule has 0 radical (unpaired) electrons. The fourth-order valence-electron chi connectivity index (χ4n) is 2.18. The molecule has 1 amide bonds. The summed E-state index contributed by atoms with van der Waals surface area (Å²) in [5, 5.41) is 3.93. The van der Waals surface area contributed by atoms with Gasteiger partial charge in [0.1, 0.15) is 11.5 Å². The zero-order chi connectivity index (χ0) is 19.8. The van der Waals surface area contributed by atoms with Crippen molar-refractivity contribution in [2.75, 3.05) is 0 Å². The van der Waals surface area contributed by atoms with E-state index in [1.165, 1.54) is 24.6 Å². The van der Waals surface area contributed by atoms with Crippen molar-refractivity contribution < 1.29 is 18.7 Å². The third kappa shape index (κ3) is 5.78. The molecule has 0 saturated carbocycles. The fourth-order valence-corrected chi connectivity index (χ4v) is 2.44. The number of ether oxygens (including phenoxy) is 1. The summed E-state index contributed by atoms with van der Waals surface area (Å²) in [4.78, 5) is 23.9. The minimum atomic E-state index is -0.533. The van der Waals surface area contributed by atoms with Gasteiger partial charge in [-0.2, -0.15) is 5.10 Å². The zero-order valence-electron chi connectivity index (χ0n) is 14.5. The molecular weight excluding hydrogens is 424 g/mol. The second kappa shape index (κ2) is 9.48. The van der Waals surface area contributed by atoms with Crippen LogP contribution in [0.25, 0.3) is 6.08 Å². The van der Waals surface area contributed by atoms with Crippen molar-refractivity contribution in [2.45, 2.75) is 0 Å². The number of nitrogens with one attached hydrogen (secondary N) is 1. The van der Waals surface area contributed by atoms with E-state index in [0.29, 0.717) is 22.6 Å². The number of hydrogen-bond acceptors (Lipinski definition) is 5. The highest BCUT2D eigenvalue weighted by Gasteiger charge is 2.04. The van der Waals surface area contributed by atoms with E-state index in [2.05, 4.69) is 26.5 Å². The van der Waals surface area contributed by atoms with Gasteiger partial charge in [-0.05, 0) is 60.2 Å². The molecule has 0 saturated heterocycles. The highest BCUT2D eigenvalue weighted by atomic mass is 79.9. The zero-order valence-corrected chi connectivity index (χ0v) is 16.1. The molecule has 0 spiro atoms. The Morgan fingerprint density at radius 2 is 1.89 bits per heavy atom. The first-order valence-corrected chi connectivity index (χ1v) is 9.02. The maximum absolute atomic E-state index is 12.0. The Balaban J connectivity index is 1.56. The van der Waals surface area contributed by atoms with Crippen molar-refractivity contribution in [2.24, 2.45) is 5.10 Å². The van der Waals surface area contributed by atoms with Crippen LogP contribution in [0.15, 0.2) is 87.0 Å². The van der Waals surface area contributed by atoms with Gasteiger partial charge in [0.25, 0.3) is 5.91 Å². The minimum Gasteiger partial charge on any atom is -0.465 e. The lowest BCUT2D eigenvalue weighted by Gasteiger charge is -2.02. The summed E-state index contributed by atoms with van der Waals surface area (Å²) < 4.78 is 11.2. The van der Waals surface area contributed by atoms with Gasteiger partial charge in [0.2, 0.25) is 0 Å². The molecule has 6 nitrogen and oxygen atoms in total. The monoisotopic (exact) mass is 438 g/mol. The molecule has 2 aromatic carbocycles. The van der Waals surface area contributed by atoms with Gasteiger partial charge in [0.05, 0.1) is 12.5 Å². The second-order valence-corrected chi connectivity index (χ2v) is 6.46. The number of carbonyl (C=O) groups excluding carboxylic acids is 2. The first-order chi connectivity index (χ1) is 13.6. The van der Waals surface area contributed by atoms with E-state index in [1.54, 1.807) is 60.7 Å². The molecule has 0 aliphatic heterocycles. The van der Waals surface area contributed by atoms with Crippen LogP contribution in [0.3, 0.4) is 0 Å². The first-order valence-electron chi connectivity index (χ1n) is 8.22. The number of furan rings is 1. The molecule has 0 bridgehead atoms. The maximum atomic E-state index is 12.0. The van der Waals surface area contributed by atoms with E-state index >= 15 is 0 Å². The molecule has 0 aliphatic rings. The van der Waals surface area contributed by atoms with E-state index < -0.39 is 5.97 Å². The number of rotatable bonds is 6. The van der Waals surface area contributed by atoms with E-state index in [-0.39, 0.29) is 5.91 Å². The van der Waals surface area contributed by atoms with Gasteiger partial charge in [0, 0.05) is 16.1 Å². The summed E-state index contributed by atoms with van der Waals surface area (Å²) in [5.74, 6) is 0.0556. The third-order valence-electron chi connectivity index (χ3n) is 3.49. The number of amides is 1. The van der Waals surface area contributed by atoms with Crippen LogP contribution < -0.4 is 10.2 Å². The summed E-state index contributed by atoms with van der Waals surface area (Å²) in [5.41, 5.74) is 3.60. The molecule has 0 aliphatic carbocycles. The lowest BCUT2D eigenvalue weighted by Crippen LogP contribution is -2.17. The molecule has 1 N–H and O–H groups in total. The summed E-state index contributed by atoms with van der Waals surface area (Å²) in [6.45, 7) is 0. The van der Waals surface area contributed by atoms with Gasteiger partial charge in [0.15, 0.2) is 0 Å². The van der Waals surface area contributed by atoms with Gasteiger partial charge in [-0.15, -0.1) is 0 Å². The summed E-state index contributed by atoms with van der Waals surface area (Å²) in [7, 11) is 0. The standard InChI is InChI=1S/C21H15BrN2O4/c22-17-8-6-16(7-9-17)21(26)24-23-14-15-3-1-4-19(13-15)28-20(25)11-10-18-5-2-12-27-18/h1-14H,(H,24,26)/b11-10+,23-14-. The van der Waals surface area contributed by atoms with Crippen LogP contribution in [0.1, 0.15) is 21.7 Å². The molecule has 3 rings (SSSR count). The quantitative estimate of drug-likeness (QED) is 0.203. The number of hydrazone groups is 1. The molecular formula is C21H15BrN2O4. The van der Waals surface area contributed by atoms with Crippen molar-refractivity contribution in [3.05, 3.63) is 94.4 Å². The Morgan fingerprint density at radius 1 is 1.07 bits per heavy atom. The van der Waals surface area contributed by atoms with Crippen LogP contribution in [0, 0.1) is 0 Å². The van der Waals surface area contributed by atoms with Gasteiger partial charge >= 0.3 is 5.97 Å². The van der Waals surface area contributed by atoms with E-state index in [1.807, 2.05) is 0 Å². The van der Waals surface area contributed by atoms with Crippen LogP contribution in [0.5, 0.6) is 5.75 Å². The number of esters is 1. The summed E-state index contributed by atoms with van der Waals surface area (Å²) in [6.07, 6.45) is 5.78. The van der Waals surface area contributed by atoms with Crippen LogP contribution in [-0.4, -0.2) is 18.1 Å². The Morgan fingerprint density at radius 3 is 2.64 bits per heavy atom. The van der Waals surface area contributed by atoms with Crippen LogP contribution in [0.4, 0.5) is 0 Å². The predicted octanol–water partition coefficient (Wildman–Crippen LogP) is 4.42. The molecule has 140 valence electrons. The van der Waals surface area contributed by atoms with Crippen molar-refractivity contribution in [1.82, 2.24) is 5.43 Å². The van der Waals surface area contributed by atoms with Gasteiger partial charge in [-0.25, -0.2) is 10.2 Å².